The molecule has 21 heavy (non-hydrogen) atoms. The van der Waals surface area contributed by atoms with Crippen LogP contribution in [0.15, 0.2) is 29.0 Å². The fraction of sp³-hybridized carbons (Fsp3) is 0.214. The Bertz CT molecular complexity index is 678. The third-order valence-corrected chi connectivity index (χ3v) is 3.35. The van der Waals surface area contributed by atoms with Crippen molar-refractivity contribution in [2.24, 2.45) is 0 Å². The molecule has 0 bridgehead atoms. The number of benzene rings is 1. The molecule has 0 saturated heterocycles. The van der Waals surface area contributed by atoms with Crippen LogP contribution in [0.5, 0.6) is 0 Å². The molecular formula is C14H14BrFN4O. The number of carbonyl (C=O) groups excluding carboxylic acids is 1. The van der Waals surface area contributed by atoms with Crippen molar-refractivity contribution in [3.8, 4) is 0 Å². The second kappa shape index (κ2) is 6.62. The van der Waals surface area contributed by atoms with E-state index in [4.69, 9.17) is 0 Å². The van der Waals surface area contributed by atoms with Gasteiger partial charge in [-0.1, -0.05) is 0 Å². The summed E-state index contributed by atoms with van der Waals surface area (Å²) in [7, 11) is 0. The third kappa shape index (κ3) is 3.75. The molecule has 0 aliphatic carbocycles. The quantitative estimate of drug-likeness (QED) is 0.885. The van der Waals surface area contributed by atoms with Crippen molar-refractivity contribution >= 4 is 33.3 Å². The van der Waals surface area contributed by atoms with Gasteiger partial charge >= 0.3 is 0 Å². The van der Waals surface area contributed by atoms with Crippen molar-refractivity contribution in [1.29, 1.82) is 0 Å². The largest absolute Gasteiger partial charge is 0.369 e. The first-order valence-electron chi connectivity index (χ1n) is 6.34. The summed E-state index contributed by atoms with van der Waals surface area (Å²) in [5, 5.41) is 5.61. The van der Waals surface area contributed by atoms with Crippen LogP contribution in [0.1, 0.15) is 23.0 Å². The smallest absolute Gasteiger partial charge is 0.275 e. The lowest BCUT2D eigenvalue weighted by Gasteiger charge is -2.10. The maximum absolute atomic E-state index is 13.5. The lowest BCUT2D eigenvalue weighted by atomic mass is 10.2. The number of aromatic nitrogens is 2. The first kappa shape index (κ1) is 15.4. The number of nitrogens with one attached hydrogen (secondary N) is 2. The zero-order valence-corrected chi connectivity index (χ0v) is 13.2. The molecule has 0 saturated carbocycles. The number of rotatable bonds is 4. The minimum atomic E-state index is -0.441. The minimum absolute atomic E-state index is 0.163. The summed E-state index contributed by atoms with van der Waals surface area (Å²) >= 11 is 3.10. The summed E-state index contributed by atoms with van der Waals surface area (Å²) in [6.45, 7) is 4.37. The Morgan fingerprint density at radius 2 is 2.14 bits per heavy atom. The molecule has 0 atom stereocenters. The van der Waals surface area contributed by atoms with Gasteiger partial charge in [0.25, 0.3) is 5.91 Å². The summed E-state index contributed by atoms with van der Waals surface area (Å²) in [4.78, 5) is 20.2. The van der Waals surface area contributed by atoms with E-state index in [2.05, 4.69) is 36.5 Å². The van der Waals surface area contributed by atoms with Crippen molar-refractivity contribution in [3.05, 3.63) is 46.1 Å². The predicted octanol–water partition coefficient (Wildman–Crippen LogP) is 3.37. The second-order valence-electron chi connectivity index (χ2n) is 4.36. The highest BCUT2D eigenvalue weighted by atomic mass is 79.9. The SMILES string of the molecule is CCNc1cncc(C(=O)Nc2cc(F)c(Br)cc2C)n1. The van der Waals surface area contributed by atoms with Crippen molar-refractivity contribution in [3.63, 3.8) is 0 Å². The average molecular weight is 353 g/mol. The number of hydrogen-bond acceptors (Lipinski definition) is 4. The topological polar surface area (TPSA) is 66.9 Å². The molecule has 0 aliphatic rings. The fourth-order valence-electron chi connectivity index (χ4n) is 1.71. The van der Waals surface area contributed by atoms with E-state index >= 15 is 0 Å². The van der Waals surface area contributed by atoms with E-state index in [1.807, 2.05) is 6.92 Å². The van der Waals surface area contributed by atoms with Crippen LogP contribution in [0, 0.1) is 12.7 Å². The van der Waals surface area contributed by atoms with Gasteiger partial charge in [0.05, 0.1) is 16.9 Å². The molecule has 1 heterocycles. The van der Waals surface area contributed by atoms with Crippen LogP contribution in [0.4, 0.5) is 15.9 Å². The maximum Gasteiger partial charge on any atom is 0.275 e. The first-order valence-corrected chi connectivity index (χ1v) is 7.13. The average Bonchev–Trinajstić information content (AvgIpc) is 2.45. The van der Waals surface area contributed by atoms with Crippen molar-refractivity contribution in [2.45, 2.75) is 13.8 Å². The molecule has 1 amide bonds. The van der Waals surface area contributed by atoms with Gasteiger partial charge in [0.2, 0.25) is 0 Å². The molecular weight excluding hydrogens is 339 g/mol. The molecule has 0 spiro atoms. The van der Waals surface area contributed by atoms with Gasteiger partial charge < -0.3 is 10.6 Å². The van der Waals surface area contributed by atoms with Gasteiger partial charge in [-0.05, 0) is 47.5 Å². The van der Waals surface area contributed by atoms with Crippen molar-refractivity contribution in [2.75, 3.05) is 17.2 Å². The van der Waals surface area contributed by atoms with E-state index in [1.54, 1.807) is 13.0 Å². The molecule has 2 rings (SSSR count). The van der Waals surface area contributed by atoms with E-state index in [9.17, 15) is 9.18 Å². The molecule has 7 heteroatoms. The lowest BCUT2D eigenvalue weighted by Crippen LogP contribution is -2.16. The molecule has 110 valence electrons. The summed E-state index contributed by atoms with van der Waals surface area (Å²) in [5.41, 5.74) is 1.31. The monoisotopic (exact) mass is 352 g/mol. The highest BCUT2D eigenvalue weighted by molar-refractivity contribution is 9.10. The molecule has 0 unspecified atom stereocenters. The summed E-state index contributed by atoms with van der Waals surface area (Å²) in [6.07, 6.45) is 2.89. The fourth-order valence-corrected chi connectivity index (χ4v) is 2.17. The molecule has 0 radical (unpaired) electrons. The molecule has 1 aromatic carbocycles. The van der Waals surface area contributed by atoms with Gasteiger partial charge in [-0.2, -0.15) is 0 Å². The zero-order valence-electron chi connectivity index (χ0n) is 11.6. The Labute approximate surface area is 130 Å². The van der Waals surface area contributed by atoms with Crippen LogP contribution in [0.3, 0.4) is 0 Å². The lowest BCUT2D eigenvalue weighted by molar-refractivity contribution is 0.102. The van der Waals surface area contributed by atoms with Crippen LogP contribution >= 0.6 is 15.9 Å². The van der Waals surface area contributed by atoms with Gasteiger partial charge in [0.15, 0.2) is 0 Å². The highest BCUT2D eigenvalue weighted by Gasteiger charge is 2.12. The first-order chi connectivity index (χ1) is 10.0. The predicted molar refractivity (Wildman–Crippen MR) is 83.0 cm³/mol. The van der Waals surface area contributed by atoms with Gasteiger partial charge in [0.1, 0.15) is 17.3 Å². The van der Waals surface area contributed by atoms with Crippen LogP contribution in [-0.4, -0.2) is 22.4 Å². The number of carbonyl (C=O) groups is 1. The van der Waals surface area contributed by atoms with Crippen molar-refractivity contribution < 1.29 is 9.18 Å². The molecule has 0 aliphatic heterocycles. The number of nitrogens with zero attached hydrogens (tertiary/aromatic N) is 2. The summed E-state index contributed by atoms with van der Waals surface area (Å²) < 4.78 is 13.9. The Kier molecular flexibility index (Phi) is 4.85. The zero-order chi connectivity index (χ0) is 15.4. The van der Waals surface area contributed by atoms with Crippen molar-refractivity contribution in [1.82, 2.24) is 9.97 Å². The molecule has 2 N–H and O–H groups in total. The van der Waals surface area contributed by atoms with Gasteiger partial charge in [-0.15, -0.1) is 0 Å². The minimum Gasteiger partial charge on any atom is -0.369 e. The van der Waals surface area contributed by atoms with Gasteiger partial charge in [-0.25, -0.2) is 9.37 Å². The Morgan fingerprint density at radius 3 is 2.86 bits per heavy atom. The molecule has 0 fully saturated rings. The normalized spacial score (nSPS) is 10.3. The Balaban J connectivity index is 2.22. The number of aryl methyl sites for hydroxylation is 1. The van der Waals surface area contributed by atoms with Crippen LogP contribution in [-0.2, 0) is 0 Å². The van der Waals surface area contributed by atoms with Gasteiger partial charge in [-0.3, -0.25) is 9.78 Å². The second-order valence-corrected chi connectivity index (χ2v) is 5.21. The van der Waals surface area contributed by atoms with E-state index in [0.717, 1.165) is 5.56 Å². The van der Waals surface area contributed by atoms with Crippen LogP contribution < -0.4 is 10.6 Å². The van der Waals surface area contributed by atoms with E-state index in [1.165, 1.54) is 18.5 Å². The maximum atomic E-state index is 13.5. The Hall–Kier alpha value is -2.02. The van der Waals surface area contributed by atoms with Crippen LogP contribution in [0.25, 0.3) is 0 Å². The summed E-state index contributed by atoms with van der Waals surface area (Å²) in [6, 6.07) is 2.87. The number of hydrogen-bond donors (Lipinski definition) is 2. The number of amides is 1. The standard InChI is InChI=1S/C14H14BrFN4O/c1-3-18-13-7-17-6-12(19-13)14(21)20-11-5-10(16)9(15)4-8(11)2/h4-7H,3H2,1-2H3,(H,18,19)(H,20,21). The van der Waals surface area contributed by atoms with Gasteiger partial charge in [0, 0.05) is 12.2 Å². The third-order valence-electron chi connectivity index (χ3n) is 2.74. The number of halogens is 2. The molecule has 5 nitrogen and oxygen atoms in total. The molecule has 1 aromatic heterocycles. The van der Waals surface area contributed by atoms with E-state index in [-0.39, 0.29) is 5.69 Å². The van der Waals surface area contributed by atoms with Crippen LogP contribution in [0.2, 0.25) is 0 Å². The highest BCUT2D eigenvalue weighted by Crippen LogP contribution is 2.24. The van der Waals surface area contributed by atoms with E-state index in [0.29, 0.717) is 22.5 Å². The molecule has 2 aromatic rings. The Morgan fingerprint density at radius 1 is 1.38 bits per heavy atom. The number of anilines is 2. The summed E-state index contributed by atoms with van der Waals surface area (Å²) in [5.74, 6) is -0.362. The van der Waals surface area contributed by atoms with E-state index < -0.39 is 11.7 Å².